The normalized spacial score (nSPS) is 31.0. The summed E-state index contributed by atoms with van der Waals surface area (Å²) in [5.74, 6) is 0.0275. The van der Waals surface area contributed by atoms with E-state index in [1.54, 1.807) is 4.57 Å². The highest BCUT2D eigenvalue weighted by molar-refractivity contribution is 5.28. The van der Waals surface area contributed by atoms with E-state index in [9.17, 15) is 9.90 Å². The van der Waals surface area contributed by atoms with Gasteiger partial charge in [0, 0.05) is 6.54 Å². The minimum absolute atomic E-state index is 0.0275. The van der Waals surface area contributed by atoms with Crippen LogP contribution in [0.25, 0.3) is 0 Å². The van der Waals surface area contributed by atoms with Crippen LogP contribution in [-0.4, -0.2) is 21.2 Å². The summed E-state index contributed by atoms with van der Waals surface area (Å²) in [5, 5.41) is 12.6. The van der Waals surface area contributed by atoms with Crippen LogP contribution in [0.2, 0.25) is 0 Å². The van der Waals surface area contributed by atoms with Gasteiger partial charge in [-0.3, -0.25) is 9.55 Å². The number of rotatable bonds is 0. The molecule has 3 heterocycles. The predicted molar refractivity (Wildman–Crippen MR) is 41.1 cm³/mol. The number of nitrogens with zero attached hydrogens (tertiary/aromatic N) is 1. The molecule has 0 saturated carbocycles. The molecule has 12 heavy (non-hydrogen) atoms. The molecule has 2 unspecified atom stereocenters. The summed E-state index contributed by atoms with van der Waals surface area (Å²) >= 11 is 0. The first-order valence-electron chi connectivity index (χ1n) is 4.04. The molecule has 0 aliphatic carbocycles. The fourth-order valence-electron chi connectivity index (χ4n) is 2.27. The van der Waals surface area contributed by atoms with Crippen LogP contribution < -0.4 is 11.0 Å². The summed E-state index contributed by atoms with van der Waals surface area (Å²) in [6.45, 7) is 0.842. The van der Waals surface area contributed by atoms with E-state index in [4.69, 9.17) is 0 Å². The zero-order valence-electron chi connectivity index (χ0n) is 6.37. The highest BCUT2D eigenvalue weighted by atomic mass is 16.3. The molecule has 3 N–H and O–H groups in total. The largest absolute Gasteiger partial charge is 0.493 e. The third kappa shape index (κ3) is 0.525. The Bertz CT molecular complexity index is 392. The molecule has 0 spiro atoms. The number of hydrogen-bond acceptors (Lipinski definition) is 3. The highest BCUT2D eigenvalue weighted by Crippen LogP contribution is 2.41. The standard InChI is InChI=1S/C7H9N3O2/c11-6-5-4-1-3(2-8-4)10(5)7(12)9-6/h3-4,8,11H,1-2H2,(H,9,12). The molecule has 1 aromatic heterocycles. The topological polar surface area (TPSA) is 70.0 Å². The van der Waals surface area contributed by atoms with Crippen LogP contribution in [0.4, 0.5) is 0 Å². The summed E-state index contributed by atoms with van der Waals surface area (Å²) < 4.78 is 1.66. The van der Waals surface area contributed by atoms with Crippen LogP contribution in [-0.2, 0) is 0 Å². The quantitative estimate of drug-likeness (QED) is 0.486. The predicted octanol–water partition coefficient (Wildman–Crippen LogP) is -0.529. The fraction of sp³-hybridized carbons (Fsp3) is 0.571. The maximum atomic E-state index is 11.2. The van der Waals surface area contributed by atoms with Gasteiger partial charge in [-0.25, -0.2) is 4.79 Å². The summed E-state index contributed by atoms with van der Waals surface area (Å²) in [6.07, 6.45) is 0.937. The van der Waals surface area contributed by atoms with Crippen LogP contribution in [0.1, 0.15) is 24.2 Å². The average molecular weight is 167 g/mol. The zero-order valence-corrected chi connectivity index (χ0v) is 6.37. The van der Waals surface area contributed by atoms with Gasteiger partial charge in [0.2, 0.25) is 5.88 Å². The van der Waals surface area contributed by atoms with Crippen molar-refractivity contribution in [3.8, 4) is 5.88 Å². The van der Waals surface area contributed by atoms with Gasteiger partial charge in [0.25, 0.3) is 0 Å². The fourth-order valence-corrected chi connectivity index (χ4v) is 2.27. The van der Waals surface area contributed by atoms with Crippen molar-refractivity contribution in [2.75, 3.05) is 6.54 Å². The molecular weight excluding hydrogens is 158 g/mol. The Morgan fingerprint density at radius 1 is 1.58 bits per heavy atom. The Morgan fingerprint density at radius 2 is 2.42 bits per heavy atom. The molecule has 1 fully saturated rings. The molecule has 1 aromatic rings. The number of fused-ring (bicyclic) bond motifs is 5. The zero-order chi connectivity index (χ0) is 8.29. The maximum absolute atomic E-state index is 11.2. The maximum Gasteiger partial charge on any atom is 0.328 e. The van der Waals surface area contributed by atoms with E-state index in [1.165, 1.54) is 0 Å². The molecule has 2 aliphatic heterocycles. The number of aromatic hydroxyl groups is 1. The van der Waals surface area contributed by atoms with Crippen LogP contribution >= 0.6 is 0 Å². The molecule has 0 aromatic carbocycles. The second kappa shape index (κ2) is 1.74. The van der Waals surface area contributed by atoms with Crippen LogP contribution in [0.3, 0.4) is 0 Å². The third-order valence-corrected chi connectivity index (χ3v) is 2.75. The van der Waals surface area contributed by atoms with Crippen LogP contribution in [0.5, 0.6) is 5.88 Å². The smallest absolute Gasteiger partial charge is 0.328 e. The Morgan fingerprint density at radius 3 is 3.17 bits per heavy atom. The number of aromatic nitrogens is 2. The lowest BCUT2D eigenvalue weighted by Gasteiger charge is -2.13. The number of H-pyrrole nitrogens is 1. The van der Waals surface area contributed by atoms with Crippen molar-refractivity contribution < 1.29 is 5.11 Å². The summed E-state index contributed by atoms with van der Waals surface area (Å²) in [7, 11) is 0. The first-order valence-corrected chi connectivity index (χ1v) is 4.04. The molecule has 3 rings (SSSR count). The van der Waals surface area contributed by atoms with Gasteiger partial charge in [-0.2, -0.15) is 0 Å². The van der Waals surface area contributed by atoms with Gasteiger partial charge in [-0.1, -0.05) is 0 Å². The van der Waals surface area contributed by atoms with Crippen molar-refractivity contribution in [2.45, 2.75) is 18.5 Å². The van der Waals surface area contributed by atoms with E-state index in [0.29, 0.717) is 0 Å². The van der Waals surface area contributed by atoms with Crippen molar-refractivity contribution in [1.82, 2.24) is 14.9 Å². The lowest BCUT2D eigenvalue weighted by atomic mass is 10.2. The van der Waals surface area contributed by atoms with Crippen LogP contribution in [0, 0.1) is 0 Å². The van der Waals surface area contributed by atoms with Crippen molar-refractivity contribution in [3.63, 3.8) is 0 Å². The minimum atomic E-state index is -0.184. The molecule has 0 radical (unpaired) electrons. The SMILES string of the molecule is O=c1[nH]c(O)c2n1C1CNC2C1. The highest BCUT2D eigenvalue weighted by Gasteiger charge is 2.40. The Hall–Kier alpha value is -1.23. The van der Waals surface area contributed by atoms with Gasteiger partial charge in [-0.05, 0) is 6.42 Å². The molecule has 2 aliphatic rings. The Labute approximate surface area is 68.0 Å². The minimum Gasteiger partial charge on any atom is -0.493 e. The Kier molecular flexibility index (Phi) is 0.915. The van der Waals surface area contributed by atoms with Gasteiger partial charge in [-0.15, -0.1) is 0 Å². The van der Waals surface area contributed by atoms with Gasteiger partial charge in [0.15, 0.2) is 0 Å². The monoisotopic (exact) mass is 167 g/mol. The number of aromatic amines is 1. The molecule has 2 atom stereocenters. The van der Waals surface area contributed by atoms with E-state index in [1.807, 2.05) is 0 Å². The average Bonchev–Trinajstić information content (AvgIpc) is 2.64. The Balaban J connectivity index is 2.35. The number of nitrogens with one attached hydrogen (secondary N) is 2. The van der Waals surface area contributed by atoms with Gasteiger partial charge in [0.1, 0.15) is 5.69 Å². The third-order valence-electron chi connectivity index (χ3n) is 2.75. The van der Waals surface area contributed by atoms with Crippen molar-refractivity contribution in [1.29, 1.82) is 0 Å². The van der Waals surface area contributed by atoms with Crippen molar-refractivity contribution in [3.05, 3.63) is 16.2 Å². The van der Waals surface area contributed by atoms with Gasteiger partial charge >= 0.3 is 5.69 Å². The molecule has 1 saturated heterocycles. The van der Waals surface area contributed by atoms with Crippen molar-refractivity contribution in [2.24, 2.45) is 0 Å². The molecule has 64 valence electrons. The lowest BCUT2D eigenvalue weighted by Crippen LogP contribution is -2.29. The summed E-state index contributed by atoms with van der Waals surface area (Å²) in [6, 6.07) is 0.420. The number of hydrogen-bond donors (Lipinski definition) is 3. The van der Waals surface area contributed by atoms with E-state index in [2.05, 4.69) is 10.3 Å². The first kappa shape index (κ1) is 6.30. The summed E-state index contributed by atoms with van der Waals surface area (Å²) in [4.78, 5) is 13.6. The molecular formula is C7H9N3O2. The van der Waals surface area contributed by atoms with Gasteiger partial charge in [0.05, 0.1) is 12.1 Å². The van der Waals surface area contributed by atoms with E-state index in [0.717, 1.165) is 18.7 Å². The van der Waals surface area contributed by atoms with E-state index in [-0.39, 0.29) is 23.7 Å². The second-order valence-electron chi connectivity index (χ2n) is 3.38. The second-order valence-corrected chi connectivity index (χ2v) is 3.38. The van der Waals surface area contributed by atoms with Crippen LogP contribution in [0.15, 0.2) is 4.79 Å². The first-order chi connectivity index (χ1) is 5.77. The van der Waals surface area contributed by atoms with Crippen molar-refractivity contribution >= 4 is 0 Å². The van der Waals surface area contributed by atoms with E-state index < -0.39 is 0 Å². The number of imidazole rings is 1. The van der Waals surface area contributed by atoms with E-state index >= 15 is 0 Å². The molecule has 5 nitrogen and oxygen atoms in total. The summed E-state index contributed by atoms with van der Waals surface area (Å²) in [5.41, 5.74) is 0.549. The molecule has 5 heteroatoms. The molecule has 2 bridgehead atoms. The lowest BCUT2D eigenvalue weighted by molar-refractivity contribution is 0.435. The van der Waals surface area contributed by atoms with Gasteiger partial charge < -0.3 is 10.4 Å². The molecule has 0 amide bonds.